The van der Waals surface area contributed by atoms with E-state index in [1.807, 2.05) is 0 Å². The lowest BCUT2D eigenvalue weighted by atomic mass is 10.2. The van der Waals surface area contributed by atoms with Crippen molar-refractivity contribution in [3.63, 3.8) is 0 Å². The molecular weight excluding hydrogens is 357 g/mol. The first-order chi connectivity index (χ1) is 11.8. The molecule has 3 rings (SSSR count). The summed E-state index contributed by atoms with van der Waals surface area (Å²) in [5.41, 5.74) is 0.582. The van der Waals surface area contributed by atoms with E-state index in [4.69, 9.17) is 11.6 Å². The van der Waals surface area contributed by atoms with E-state index in [-0.39, 0.29) is 13.0 Å². The van der Waals surface area contributed by atoms with Crippen molar-refractivity contribution in [2.24, 2.45) is 0 Å². The topological polar surface area (TPSA) is 58.1 Å². The van der Waals surface area contributed by atoms with Gasteiger partial charge in [-0.3, -0.25) is 4.79 Å². The van der Waals surface area contributed by atoms with Crippen molar-refractivity contribution in [3.8, 4) is 0 Å². The van der Waals surface area contributed by atoms with Crippen LogP contribution in [-0.4, -0.2) is 45.6 Å². The summed E-state index contributed by atoms with van der Waals surface area (Å²) < 4.78 is 39.2. The Labute approximate surface area is 147 Å². The van der Waals surface area contributed by atoms with Gasteiger partial charge in [-0.05, 0) is 38.0 Å². The molecule has 1 N–H and O–H groups in total. The van der Waals surface area contributed by atoms with Crippen molar-refractivity contribution in [3.05, 3.63) is 29.5 Å². The number of fused-ring (bicyclic) bond motifs is 1. The van der Waals surface area contributed by atoms with Crippen molar-refractivity contribution in [2.45, 2.75) is 38.0 Å². The molecular formula is C16H16ClF3N4O. The van der Waals surface area contributed by atoms with Gasteiger partial charge in [-0.15, -0.1) is 0 Å². The molecule has 1 aromatic carbocycles. The number of amides is 1. The summed E-state index contributed by atoms with van der Waals surface area (Å²) >= 11 is 5.92. The fraction of sp³-hybridized carbons (Fsp3) is 0.438. The lowest BCUT2D eigenvalue weighted by Gasteiger charge is -2.29. The molecule has 2 aromatic rings. The molecule has 0 saturated carbocycles. The van der Waals surface area contributed by atoms with Crippen molar-refractivity contribution in [1.29, 1.82) is 0 Å². The molecule has 2 atom stereocenters. The minimum absolute atomic E-state index is 0.0586. The number of hydrogen-bond donors (Lipinski definition) is 1. The van der Waals surface area contributed by atoms with Crippen molar-refractivity contribution in [2.75, 3.05) is 11.9 Å². The minimum atomic E-state index is -4.41. The highest BCUT2D eigenvalue weighted by Crippen LogP contribution is 2.33. The summed E-state index contributed by atoms with van der Waals surface area (Å²) in [5, 5.41) is 4.05. The summed E-state index contributed by atoms with van der Waals surface area (Å²) in [5.74, 6) is -0.217. The molecule has 1 fully saturated rings. The predicted octanol–water partition coefficient (Wildman–Crippen LogP) is 3.64. The molecule has 0 bridgehead atoms. The smallest absolute Gasteiger partial charge is 0.358 e. The molecule has 0 radical (unpaired) electrons. The van der Waals surface area contributed by atoms with Gasteiger partial charge in [-0.25, -0.2) is 9.97 Å². The predicted molar refractivity (Wildman–Crippen MR) is 88.4 cm³/mol. The highest BCUT2D eigenvalue weighted by molar-refractivity contribution is 6.31. The normalized spacial score (nSPS) is 19.2. The Bertz CT molecular complexity index is 799. The fourth-order valence-corrected chi connectivity index (χ4v) is 3.20. The first-order valence-corrected chi connectivity index (χ1v) is 8.19. The molecule has 0 aliphatic carbocycles. The lowest BCUT2D eigenvalue weighted by Crippen LogP contribution is -2.49. The first kappa shape index (κ1) is 17.7. The minimum Gasteiger partial charge on any atom is -0.358 e. The number of rotatable bonds is 3. The first-order valence-electron chi connectivity index (χ1n) is 7.81. The van der Waals surface area contributed by atoms with Crippen LogP contribution in [0.2, 0.25) is 5.02 Å². The standard InChI is InChI=1S/C16H16ClF3N4O/c1-9(15(25)24-6-2-3-13(24)16(18,19)20)23-14-11-5-4-10(17)7-12(11)21-8-22-14/h4-5,7-9,13H,2-3,6H2,1H3,(H,21,22,23)/t9-,13-/m1/s1. The number of carbonyl (C=O) groups excluding carboxylic acids is 1. The zero-order valence-electron chi connectivity index (χ0n) is 13.3. The molecule has 0 spiro atoms. The van der Waals surface area contributed by atoms with Gasteiger partial charge in [0.1, 0.15) is 24.2 Å². The van der Waals surface area contributed by atoms with E-state index < -0.39 is 24.2 Å². The van der Waals surface area contributed by atoms with E-state index in [1.54, 1.807) is 18.2 Å². The maximum atomic E-state index is 13.1. The quantitative estimate of drug-likeness (QED) is 0.893. The third-order valence-corrected chi connectivity index (χ3v) is 4.47. The molecule has 1 aliphatic heterocycles. The number of nitrogens with one attached hydrogen (secondary N) is 1. The summed E-state index contributed by atoms with van der Waals surface area (Å²) in [6.45, 7) is 1.63. The molecule has 1 amide bonds. The SMILES string of the molecule is C[C@@H](Nc1ncnc2cc(Cl)ccc12)C(=O)N1CCC[C@@H]1C(F)(F)F. The van der Waals surface area contributed by atoms with Crippen LogP contribution in [-0.2, 0) is 4.79 Å². The number of nitrogens with zero attached hydrogens (tertiary/aromatic N) is 3. The van der Waals surface area contributed by atoms with Gasteiger partial charge in [0.15, 0.2) is 0 Å². The Morgan fingerprint density at radius 1 is 1.40 bits per heavy atom. The second-order valence-electron chi connectivity index (χ2n) is 5.98. The zero-order valence-corrected chi connectivity index (χ0v) is 14.1. The van der Waals surface area contributed by atoms with Crippen molar-refractivity contribution in [1.82, 2.24) is 14.9 Å². The highest BCUT2D eigenvalue weighted by Gasteiger charge is 2.48. The van der Waals surface area contributed by atoms with Crippen molar-refractivity contribution < 1.29 is 18.0 Å². The van der Waals surface area contributed by atoms with Crippen LogP contribution in [0.5, 0.6) is 0 Å². The van der Waals surface area contributed by atoms with Gasteiger partial charge in [-0.1, -0.05) is 11.6 Å². The van der Waals surface area contributed by atoms with Crippen LogP contribution in [0.1, 0.15) is 19.8 Å². The molecule has 1 aromatic heterocycles. The summed E-state index contributed by atoms with van der Waals surface area (Å²) in [7, 11) is 0. The number of aromatic nitrogens is 2. The van der Waals surface area contributed by atoms with Crippen LogP contribution in [0.4, 0.5) is 19.0 Å². The molecule has 1 saturated heterocycles. The molecule has 9 heteroatoms. The van der Waals surface area contributed by atoms with Gasteiger partial charge in [-0.2, -0.15) is 13.2 Å². The number of likely N-dealkylation sites (tertiary alicyclic amines) is 1. The zero-order chi connectivity index (χ0) is 18.2. The fourth-order valence-electron chi connectivity index (χ4n) is 3.03. The second kappa shape index (κ2) is 6.67. The third kappa shape index (κ3) is 3.63. The molecule has 2 heterocycles. The van der Waals surface area contributed by atoms with Crippen LogP contribution in [0, 0.1) is 0 Å². The van der Waals surface area contributed by atoms with Gasteiger partial charge < -0.3 is 10.2 Å². The van der Waals surface area contributed by atoms with E-state index in [0.29, 0.717) is 28.2 Å². The Hall–Kier alpha value is -2.09. The van der Waals surface area contributed by atoms with Crippen LogP contribution in [0.15, 0.2) is 24.5 Å². The maximum Gasteiger partial charge on any atom is 0.408 e. The number of hydrogen-bond acceptors (Lipinski definition) is 4. The summed E-state index contributed by atoms with van der Waals surface area (Å²) in [4.78, 5) is 21.6. The lowest BCUT2D eigenvalue weighted by molar-refractivity contribution is -0.182. The number of carbonyl (C=O) groups is 1. The average molecular weight is 373 g/mol. The molecule has 5 nitrogen and oxygen atoms in total. The van der Waals surface area contributed by atoms with Gasteiger partial charge in [0.25, 0.3) is 0 Å². The summed E-state index contributed by atoms with van der Waals surface area (Å²) in [6, 6.07) is 2.44. The maximum absolute atomic E-state index is 13.1. The van der Waals surface area contributed by atoms with E-state index in [1.165, 1.54) is 13.3 Å². The largest absolute Gasteiger partial charge is 0.408 e. The van der Waals surface area contributed by atoms with Crippen molar-refractivity contribution >= 4 is 34.2 Å². The molecule has 0 unspecified atom stereocenters. The third-order valence-electron chi connectivity index (χ3n) is 4.24. The van der Waals surface area contributed by atoms with E-state index in [2.05, 4.69) is 15.3 Å². The molecule has 134 valence electrons. The Morgan fingerprint density at radius 3 is 2.88 bits per heavy atom. The monoisotopic (exact) mass is 372 g/mol. The Balaban J connectivity index is 1.80. The Kier molecular flexibility index (Phi) is 4.73. The van der Waals surface area contributed by atoms with E-state index >= 15 is 0 Å². The Morgan fingerprint density at radius 2 is 2.16 bits per heavy atom. The van der Waals surface area contributed by atoms with E-state index in [0.717, 1.165) is 4.90 Å². The van der Waals surface area contributed by atoms with Crippen LogP contribution in [0.25, 0.3) is 10.9 Å². The summed E-state index contributed by atoms with van der Waals surface area (Å²) in [6.07, 6.45) is -2.81. The second-order valence-corrected chi connectivity index (χ2v) is 6.42. The average Bonchev–Trinajstić information content (AvgIpc) is 3.03. The van der Waals surface area contributed by atoms with Gasteiger partial charge in [0.05, 0.1) is 5.52 Å². The number of alkyl halides is 3. The molecule has 25 heavy (non-hydrogen) atoms. The number of anilines is 1. The molecule has 1 aliphatic rings. The van der Waals surface area contributed by atoms with Crippen LogP contribution in [0.3, 0.4) is 0 Å². The van der Waals surface area contributed by atoms with Gasteiger partial charge in [0, 0.05) is 17.0 Å². The van der Waals surface area contributed by atoms with Gasteiger partial charge in [0.2, 0.25) is 5.91 Å². The van der Waals surface area contributed by atoms with Crippen LogP contribution >= 0.6 is 11.6 Å². The highest BCUT2D eigenvalue weighted by atomic mass is 35.5. The van der Waals surface area contributed by atoms with Crippen LogP contribution < -0.4 is 5.32 Å². The number of benzene rings is 1. The van der Waals surface area contributed by atoms with E-state index in [9.17, 15) is 18.0 Å². The number of halogens is 4. The van der Waals surface area contributed by atoms with Gasteiger partial charge >= 0.3 is 6.18 Å².